The minimum Gasteiger partial charge on any atom is -0.452 e. The van der Waals surface area contributed by atoms with Crippen molar-refractivity contribution in [2.45, 2.75) is 63.5 Å². The number of hydrogen-bond acceptors (Lipinski definition) is 5. The highest BCUT2D eigenvalue weighted by Crippen LogP contribution is 2.45. The number of carbonyl (C=O) groups excluding carboxylic acids is 1. The lowest BCUT2D eigenvalue weighted by molar-refractivity contribution is 0.0949. The predicted molar refractivity (Wildman–Crippen MR) is 163 cm³/mol. The van der Waals surface area contributed by atoms with Crippen LogP contribution in [0.2, 0.25) is 0 Å². The number of likely N-dealkylation sites (tertiary alicyclic amines) is 1. The first-order chi connectivity index (χ1) is 20.4. The van der Waals surface area contributed by atoms with Gasteiger partial charge < -0.3 is 25.3 Å². The molecule has 1 amide bonds. The maximum atomic E-state index is 15.9. The molecule has 3 atom stereocenters. The van der Waals surface area contributed by atoms with Crippen molar-refractivity contribution < 1.29 is 13.9 Å². The Morgan fingerprint density at radius 3 is 2.67 bits per heavy atom. The summed E-state index contributed by atoms with van der Waals surface area (Å²) < 4.78 is 24.2. The zero-order valence-corrected chi connectivity index (χ0v) is 24.0. The Labute approximate surface area is 244 Å². The number of fused-ring (bicyclic) bond motifs is 3. The molecule has 218 valence electrons. The Balaban J connectivity index is 1.31. The van der Waals surface area contributed by atoms with Crippen molar-refractivity contribution in [2.24, 2.45) is 11.7 Å². The van der Waals surface area contributed by atoms with Crippen LogP contribution in [-0.2, 0) is 6.42 Å². The fourth-order valence-corrected chi connectivity index (χ4v) is 7.26. The molecule has 0 bridgehead atoms. The number of nitrogens with one attached hydrogen (secondary N) is 1. The number of aromatic nitrogens is 1. The first-order valence-electron chi connectivity index (χ1n) is 15.2. The average molecular weight is 569 g/mol. The van der Waals surface area contributed by atoms with Gasteiger partial charge in [-0.2, -0.15) is 0 Å². The first-order valence-corrected chi connectivity index (χ1v) is 15.2. The van der Waals surface area contributed by atoms with E-state index in [-0.39, 0.29) is 17.0 Å². The molecule has 1 saturated heterocycles. The van der Waals surface area contributed by atoms with Gasteiger partial charge >= 0.3 is 0 Å². The Kier molecular flexibility index (Phi) is 6.98. The zero-order valence-electron chi connectivity index (χ0n) is 24.0. The van der Waals surface area contributed by atoms with Gasteiger partial charge in [-0.1, -0.05) is 24.3 Å². The number of nitrogens with two attached hydrogens (primary N) is 1. The Morgan fingerprint density at radius 2 is 1.93 bits per heavy atom. The van der Waals surface area contributed by atoms with Crippen LogP contribution < -0.4 is 21.2 Å². The molecular formula is C34H37FN4O3. The van der Waals surface area contributed by atoms with E-state index in [1.54, 1.807) is 6.20 Å². The largest absolute Gasteiger partial charge is 0.452 e. The Bertz CT molecular complexity index is 1770. The molecule has 0 spiro atoms. The van der Waals surface area contributed by atoms with E-state index in [0.29, 0.717) is 53.2 Å². The number of ether oxygens (including phenoxy) is 1. The van der Waals surface area contributed by atoms with E-state index >= 15 is 4.39 Å². The summed E-state index contributed by atoms with van der Waals surface area (Å²) in [4.78, 5) is 29.5. The topological polar surface area (TPSA) is 89.6 Å². The fourth-order valence-electron chi connectivity index (χ4n) is 7.26. The third-order valence-corrected chi connectivity index (χ3v) is 9.65. The second-order valence-electron chi connectivity index (χ2n) is 12.4. The molecule has 7 nitrogen and oxygen atoms in total. The van der Waals surface area contributed by atoms with Crippen LogP contribution in [0.15, 0.2) is 53.5 Å². The number of amides is 1. The molecule has 42 heavy (non-hydrogen) atoms. The molecule has 3 heterocycles. The van der Waals surface area contributed by atoms with Crippen LogP contribution >= 0.6 is 0 Å². The number of rotatable bonds is 7. The van der Waals surface area contributed by atoms with Crippen LogP contribution in [0.3, 0.4) is 0 Å². The van der Waals surface area contributed by atoms with E-state index in [2.05, 4.69) is 17.3 Å². The predicted octanol–water partition coefficient (Wildman–Crippen LogP) is 5.66. The summed E-state index contributed by atoms with van der Waals surface area (Å²) in [6.45, 7) is 1.53. The smallest absolute Gasteiger partial charge is 0.256 e. The summed E-state index contributed by atoms with van der Waals surface area (Å²) >= 11 is 0. The normalized spacial score (nSPS) is 21.5. The van der Waals surface area contributed by atoms with Crippen LogP contribution in [-0.4, -0.2) is 47.6 Å². The number of nitrogens with zero attached hydrogens (tertiary/aromatic N) is 2. The summed E-state index contributed by atoms with van der Waals surface area (Å²) in [5.41, 5.74) is 7.33. The lowest BCUT2D eigenvalue weighted by Gasteiger charge is -2.27. The molecular weight excluding hydrogens is 531 g/mol. The van der Waals surface area contributed by atoms with E-state index in [1.165, 1.54) is 6.07 Å². The monoisotopic (exact) mass is 568 g/mol. The van der Waals surface area contributed by atoms with E-state index < -0.39 is 17.2 Å². The van der Waals surface area contributed by atoms with Gasteiger partial charge in [-0.05, 0) is 99.8 Å². The summed E-state index contributed by atoms with van der Waals surface area (Å²) in [7, 11) is 2.10. The zero-order chi connectivity index (χ0) is 29.0. The van der Waals surface area contributed by atoms with Gasteiger partial charge in [0.2, 0.25) is 5.43 Å². The minimum atomic E-state index is -0.488. The Hall–Kier alpha value is -3.75. The minimum absolute atomic E-state index is 0.00123. The van der Waals surface area contributed by atoms with Crippen LogP contribution in [0.4, 0.5) is 4.39 Å². The van der Waals surface area contributed by atoms with E-state index in [1.807, 2.05) is 41.0 Å². The lowest BCUT2D eigenvalue weighted by atomic mass is 9.95. The SMILES string of the molecule is CN1CCCC1CCNC(=O)c1cn2c3c(c(CCC4CCC(N)C4)c(F)cc3c1=O)Oc1cc3ccccc3cc1-2. The van der Waals surface area contributed by atoms with Gasteiger partial charge in [-0.3, -0.25) is 9.59 Å². The van der Waals surface area contributed by atoms with E-state index in [0.717, 1.165) is 62.3 Å². The fraction of sp³-hybridized carbons (Fsp3) is 0.412. The van der Waals surface area contributed by atoms with Crippen molar-refractivity contribution in [3.63, 3.8) is 0 Å². The van der Waals surface area contributed by atoms with Gasteiger partial charge in [0.05, 0.1) is 11.1 Å². The molecule has 8 heteroatoms. The van der Waals surface area contributed by atoms with Crippen molar-refractivity contribution in [1.29, 1.82) is 0 Å². The highest BCUT2D eigenvalue weighted by atomic mass is 19.1. The molecule has 1 aliphatic carbocycles. The molecule has 2 aliphatic heterocycles. The summed E-state index contributed by atoms with van der Waals surface area (Å²) in [5.74, 6) is 0.456. The molecule has 2 fully saturated rings. The Morgan fingerprint density at radius 1 is 1.12 bits per heavy atom. The standard InChI is InChI=1S/C34H37FN4O3/c1-38-14-4-7-24(38)12-13-37-34(41)27-19-39-29-16-21-5-2-3-6-22(21)17-30(29)42-33-25(11-9-20-8-10-23(36)15-20)28(35)18-26(31(33)39)32(27)40/h2-3,5-6,16-20,23-24H,4,7-15,36H2,1H3,(H,37,41). The average Bonchev–Trinajstić information content (AvgIpc) is 3.59. The van der Waals surface area contributed by atoms with Crippen molar-refractivity contribution in [3.05, 3.63) is 75.8 Å². The molecule has 3 aromatic carbocycles. The molecule has 3 unspecified atom stereocenters. The van der Waals surface area contributed by atoms with Crippen molar-refractivity contribution >= 4 is 27.6 Å². The van der Waals surface area contributed by atoms with Gasteiger partial charge in [0.15, 0.2) is 11.5 Å². The number of benzene rings is 3. The van der Waals surface area contributed by atoms with Gasteiger partial charge in [-0.25, -0.2) is 4.39 Å². The maximum absolute atomic E-state index is 15.9. The van der Waals surface area contributed by atoms with Crippen LogP contribution in [0.25, 0.3) is 27.4 Å². The summed E-state index contributed by atoms with van der Waals surface area (Å²) in [5, 5.41) is 5.10. The number of pyridine rings is 1. The highest BCUT2D eigenvalue weighted by molar-refractivity contribution is 6.00. The van der Waals surface area contributed by atoms with Crippen LogP contribution in [0.1, 0.15) is 60.9 Å². The second-order valence-corrected chi connectivity index (χ2v) is 12.4. The van der Waals surface area contributed by atoms with E-state index in [4.69, 9.17) is 10.5 Å². The number of carbonyl (C=O) groups is 1. The molecule has 4 aromatic rings. The third-order valence-electron chi connectivity index (χ3n) is 9.65. The van der Waals surface area contributed by atoms with Crippen LogP contribution in [0, 0.1) is 11.7 Å². The number of hydrogen-bond donors (Lipinski definition) is 2. The van der Waals surface area contributed by atoms with Crippen molar-refractivity contribution in [2.75, 3.05) is 20.1 Å². The third kappa shape index (κ3) is 4.76. The molecule has 0 radical (unpaired) electrons. The molecule has 1 aromatic heterocycles. The van der Waals surface area contributed by atoms with E-state index in [9.17, 15) is 9.59 Å². The quantitative estimate of drug-likeness (QED) is 0.264. The summed E-state index contributed by atoms with van der Waals surface area (Å²) in [6.07, 6.45) is 8.97. The van der Waals surface area contributed by atoms with Gasteiger partial charge in [0.1, 0.15) is 16.9 Å². The highest BCUT2D eigenvalue weighted by Gasteiger charge is 2.30. The second kappa shape index (κ2) is 10.8. The number of halogens is 1. The molecule has 3 aliphatic rings. The lowest BCUT2D eigenvalue weighted by Crippen LogP contribution is -2.34. The first kappa shape index (κ1) is 27.1. The van der Waals surface area contributed by atoms with Crippen LogP contribution in [0.5, 0.6) is 11.5 Å². The van der Waals surface area contributed by atoms with Crippen molar-refractivity contribution in [3.8, 4) is 17.2 Å². The van der Waals surface area contributed by atoms with Gasteiger partial charge in [0.25, 0.3) is 5.91 Å². The molecule has 7 rings (SSSR count). The molecule has 1 saturated carbocycles. The maximum Gasteiger partial charge on any atom is 0.256 e. The van der Waals surface area contributed by atoms with Crippen molar-refractivity contribution in [1.82, 2.24) is 14.8 Å². The summed E-state index contributed by atoms with van der Waals surface area (Å²) in [6, 6.07) is 13.8. The van der Waals surface area contributed by atoms with Gasteiger partial charge in [0, 0.05) is 30.4 Å². The van der Waals surface area contributed by atoms with Gasteiger partial charge in [-0.15, -0.1) is 0 Å². The molecule has 3 N–H and O–H groups in total.